The van der Waals surface area contributed by atoms with Crippen molar-refractivity contribution in [3.8, 4) is 16.9 Å². The van der Waals surface area contributed by atoms with Crippen molar-refractivity contribution < 1.29 is 14.6 Å². The molecule has 1 N–H and O–H groups in total. The molecule has 0 unspecified atom stereocenters. The monoisotopic (exact) mass is 378 g/mol. The molecule has 0 amide bonds. The Hall–Kier alpha value is -2.29. The average molecular weight is 379 g/mol. The van der Waals surface area contributed by atoms with Crippen molar-refractivity contribution >= 4 is 6.16 Å². The molecule has 0 radical (unpaired) electrons. The maximum Gasteiger partial charge on any atom is 0.511 e. The highest BCUT2D eigenvalue weighted by Gasteiger charge is 2.20. The highest BCUT2D eigenvalue weighted by molar-refractivity contribution is 5.75. The molecule has 0 bridgehead atoms. The molecule has 28 heavy (non-hydrogen) atoms. The molecule has 2 aliphatic carbocycles. The van der Waals surface area contributed by atoms with Gasteiger partial charge in [-0.1, -0.05) is 68.9 Å². The highest BCUT2D eigenvalue weighted by atomic mass is 16.7. The van der Waals surface area contributed by atoms with Crippen LogP contribution in [-0.2, 0) is 0 Å². The summed E-state index contributed by atoms with van der Waals surface area (Å²) in [5.74, 6) is 1.64. The van der Waals surface area contributed by atoms with Crippen LogP contribution in [0.15, 0.2) is 42.5 Å². The topological polar surface area (TPSA) is 46.5 Å². The normalized spacial score (nSPS) is 18.7. The van der Waals surface area contributed by atoms with Crippen molar-refractivity contribution in [1.29, 1.82) is 0 Å². The van der Waals surface area contributed by atoms with Crippen molar-refractivity contribution in [2.45, 2.75) is 76.0 Å². The van der Waals surface area contributed by atoms with E-state index in [4.69, 9.17) is 4.74 Å². The number of carbonyl (C=O) groups is 1. The summed E-state index contributed by atoms with van der Waals surface area (Å²) in [4.78, 5) is 11.2. The predicted octanol–water partition coefficient (Wildman–Crippen LogP) is 7.51. The molecule has 3 heteroatoms. The molecule has 2 aliphatic rings. The van der Waals surface area contributed by atoms with Gasteiger partial charge in [-0.05, 0) is 66.3 Å². The maximum atomic E-state index is 11.2. The van der Waals surface area contributed by atoms with Crippen LogP contribution in [0.1, 0.15) is 87.2 Å². The van der Waals surface area contributed by atoms with Crippen LogP contribution in [0.2, 0.25) is 0 Å². The summed E-state index contributed by atoms with van der Waals surface area (Å²) in [6, 6.07) is 14.8. The third-order valence-electron chi connectivity index (χ3n) is 6.55. The van der Waals surface area contributed by atoms with Gasteiger partial charge in [-0.25, -0.2) is 4.79 Å². The molecular formula is C25H30O3. The zero-order chi connectivity index (χ0) is 19.3. The zero-order valence-electron chi connectivity index (χ0n) is 16.5. The number of carboxylic acid groups (broad SMARTS) is 1. The number of ether oxygens (including phenoxy) is 1. The van der Waals surface area contributed by atoms with Gasteiger partial charge in [-0.15, -0.1) is 0 Å². The van der Waals surface area contributed by atoms with Crippen LogP contribution < -0.4 is 4.74 Å². The fourth-order valence-electron chi connectivity index (χ4n) is 5.04. The Morgan fingerprint density at radius 1 is 0.786 bits per heavy atom. The van der Waals surface area contributed by atoms with Crippen LogP contribution in [0.5, 0.6) is 5.75 Å². The third kappa shape index (κ3) is 4.40. The van der Waals surface area contributed by atoms with Crippen molar-refractivity contribution in [1.82, 2.24) is 0 Å². The summed E-state index contributed by atoms with van der Waals surface area (Å²) in [5, 5.41) is 9.19. The van der Waals surface area contributed by atoms with E-state index in [9.17, 15) is 9.90 Å². The molecule has 2 aromatic rings. The number of rotatable bonds is 4. The van der Waals surface area contributed by atoms with Crippen molar-refractivity contribution in [2.75, 3.05) is 0 Å². The molecule has 0 aromatic heterocycles. The Kier molecular flexibility index (Phi) is 5.99. The Balaban J connectivity index is 1.70. The summed E-state index contributed by atoms with van der Waals surface area (Å²) in [5.41, 5.74) is 4.66. The van der Waals surface area contributed by atoms with Crippen LogP contribution in [0.25, 0.3) is 11.1 Å². The van der Waals surface area contributed by atoms with E-state index < -0.39 is 6.16 Å². The van der Waals surface area contributed by atoms with Gasteiger partial charge >= 0.3 is 6.16 Å². The van der Waals surface area contributed by atoms with Crippen molar-refractivity contribution in [2.24, 2.45) is 0 Å². The third-order valence-corrected chi connectivity index (χ3v) is 6.55. The Morgan fingerprint density at radius 2 is 1.39 bits per heavy atom. The molecule has 4 rings (SSSR count). The fraction of sp³-hybridized carbons (Fsp3) is 0.480. The maximum absolute atomic E-state index is 11.2. The van der Waals surface area contributed by atoms with Crippen LogP contribution in [0.3, 0.4) is 0 Å². The van der Waals surface area contributed by atoms with Gasteiger partial charge in [-0.3, -0.25) is 0 Å². The Morgan fingerprint density at radius 3 is 2.00 bits per heavy atom. The van der Waals surface area contributed by atoms with E-state index in [-0.39, 0.29) is 0 Å². The molecule has 3 nitrogen and oxygen atoms in total. The van der Waals surface area contributed by atoms with Gasteiger partial charge in [0.05, 0.1) is 0 Å². The minimum absolute atomic E-state index is 0.438. The largest absolute Gasteiger partial charge is 0.511 e. The second-order valence-electron chi connectivity index (χ2n) is 8.42. The van der Waals surface area contributed by atoms with Crippen molar-refractivity contribution in [3.05, 3.63) is 53.6 Å². The second kappa shape index (κ2) is 8.81. The van der Waals surface area contributed by atoms with Crippen LogP contribution in [0, 0.1) is 0 Å². The summed E-state index contributed by atoms with van der Waals surface area (Å²) in [6.45, 7) is 0. The first-order chi connectivity index (χ1) is 13.7. The quantitative estimate of drug-likeness (QED) is 0.442. The van der Waals surface area contributed by atoms with E-state index in [1.165, 1.54) is 75.3 Å². The molecule has 0 atom stereocenters. The van der Waals surface area contributed by atoms with Crippen LogP contribution in [-0.4, -0.2) is 11.3 Å². The van der Waals surface area contributed by atoms with Gasteiger partial charge in [0.15, 0.2) is 0 Å². The Labute approximate surface area is 167 Å². The van der Waals surface area contributed by atoms with Gasteiger partial charge < -0.3 is 9.84 Å². The van der Waals surface area contributed by atoms with Crippen LogP contribution in [0.4, 0.5) is 4.79 Å². The van der Waals surface area contributed by atoms with E-state index in [2.05, 4.69) is 36.4 Å². The summed E-state index contributed by atoms with van der Waals surface area (Å²) < 4.78 is 5.14. The first-order valence-corrected chi connectivity index (χ1v) is 10.9. The minimum atomic E-state index is -1.25. The summed E-state index contributed by atoms with van der Waals surface area (Å²) in [6.07, 6.45) is 11.5. The number of hydrogen-bond donors (Lipinski definition) is 1. The zero-order valence-corrected chi connectivity index (χ0v) is 16.5. The van der Waals surface area contributed by atoms with Gasteiger partial charge in [-0.2, -0.15) is 0 Å². The molecular weight excluding hydrogens is 348 g/mol. The van der Waals surface area contributed by atoms with Gasteiger partial charge in [0.1, 0.15) is 5.75 Å². The smallest absolute Gasteiger partial charge is 0.449 e. The molecule has 0 saturated heterocycles. The van der Waals surface area contributed by atoms with E-state index >= 15 is 0 Å². The molecule has 0 spiro atoms. The van der Waals surface area contributed by atoms with Gasteiger partial charge in [0.2, 0.25) is 0 Å². The minimum Gasteiger partial charge on any atom is -0.449 e. The van der Waals surface area contributed by atoms with Crippen molar-refractivity contribution in [3.63, 3.8) is 0 Å². The number of hydrogen-bond acceptors (Lipinski definition) is 2. The first-order valence-electron chi connectivity index (χ1n) is 10.9. The SMILES string of the molecule is O=C(O)Oc1ccc(C2CCCCC2)cc1-c1cccc(C2CCCCC2)c1. The molecule has 2 saturated carbocycles. The second-order valence-corrected chi connectivity index (χ2v) is 8.42. The highest BCUT2D eigenvalue weighted by Crippen LogP contribution is 2.40. The summed E-state index contributed by atoms with van der Waals surface area (Å²) >= 11 is 0. The first kappa shape index (κ1) is 19.0. The lowest BCUT2D eigenvalue weighted by molar-refractivity contribution is 0.144. The lowest BCUT2D eigenvalue weighted by atomic mass is 9.82. The fourth-order valence-corrected chi connectivity index (χ4v) is 5.04. The molecule has 2 aromatic carbocycles. The number of benzene rings is 2. The molecule has 148 valence electrons. The summed E-state index contributed by atoms with van der Waals surface area (Å²) in [7, 11) is 0. The predicted molar refractivity (Wildman–Crippen MR) is 112 cm³/mol. The van der Waals surface area contributed by atoms with E-state index in [1.807, 2.05) is 6.07 Å². The van der Waals surface area contributed by atoms with E-state index in [0.717, 1.165) is 11.1 Å². The standard InChI is InChI=1S/C25H30O3/c26-25(27)28-24-15-14-21(19-10-5-2-6-11-19)17-23(24)22-13-7-12-20(16-22)18-8-3-1-4-9-18/h7,12-19H,1-6,8-11H2,(H,26,27). The lowest BCUT2D eigenvalue weighted by Crippen LogP contribution is -2.07. The Bertz CT molecular complexity index is 814. The van der Waals surface area contributed by atoms with E-state index in [0.29, 0.717) is 17.6 Å². The molecule has 0 aliphatic heterocycles. The molecule has 0 heterocycles. The molecule has 2 fully saturated rings. The van der Waals surface area contributed by atoms with E-state index in [1.54, 1.807) is 0 Å². The average Bonchev–Trinajstić information content (AvgIpc) is 2.75. The van der Waals surface area contributed by atoms with Gasteiger partial charge in [0.25, 0.3) is 0 Å². The van der Waals surface area contributed by atoms with Crippen LogP contribution >= 0.6 is 0 Å². The van der Waals surface area contributed by atoms with Gasteiger partial charge in [0, 0.05) is 5.56 Å². The lowest BCUT2D eigenvalue weighted by Gasteiger charge is -2.24.